The van der Waals surface area contributed by atoms with Crippen molar-refractivity contribution >= 4 is 6.79 Å². The molecule has 0 amide bonds. The van der Waals surface area contributed by atoms with Crippen LogP contribution in [0.3, 0.4) is 0 Å². The highest BCUT2D eigenvalue weighted by atomic mass is 16.3. The van der Waals surface area contributed by atoms with E-state index in [0.717, 1.165) is 0 Å². The Morgan fingerprint density at radius 1 is 0.947 bits per heavy atom. The number of carbonyl (C=O) groups is 1. The van der Waals surface area contributed by atoms with Crippen LogP contribution in [0.1, 0.15) is 0 Å². The van der Waals surface area contributed by atoms with E-state index in [9.17, 15) is 4.79 Å². The lowest BCUT2D eigenvalue weighted by molar-refractivity contribution is -0.0979. The highest BCUT2D eigenvalue weighted by Gasteiger charge is 1.99. The summed E-state index contributed by atoms with van der Waals surface area (Å²) in [7, 11) is 0. The molecular weight excluding hydrogens is 254 g/mol. The molecule has 7 heteroatoms. The van der Waals surface area contributed by atoms with Gasteiger partial charge in [-0.1, -0.05) is 6.07 Å². The molecule has 2 rings (SSSR count). The van der Waals surface area contributed by atoms with E-state index in [1.54, 1.807) is 6.07 Å². The summed E-state index contributed by atoms with van der Waals surface area (Å²) in [6, 6.07) is 7.04. The SMILES string of the molecule is C=O.O=c1[nH]ccc(O)c1O.Oc1cccc(O)c1. The molecule has 0 aliphatic rings. The minimum absolute atomic E-state index is 0.0880. The summed E-state index contributed by atoms with van der Waals surface area (Å²) in [4.78, 5) is 20.5. The molecule has 0 spiro atoms. The maximum atomic E-state index is 10.4. The van der Waals surface area contributed by atoms with Gasteiger partial charge in [0.15, 0.2) is 5.75 Å². The third kappa shape index (κ3) is 5.78. The number of aromatic hydroxyl groups is 4. The molecule has 0 radical (unpaired) electrons. The molecule has 0 fully saturated rings. The van der Waals surface area contributed by atoms with Crippen LogP contribution in [0.25, 0.3) is 0 Å². The van der Waals surface area contributed by atoms with Crippen LogP contribution in [0.2, 0.25) is 0 Å². The zero-order valence-corrected chi connectivity index (χ0v) is 9.78. The van der Waals surface area contributed by atoms with Gasteiger partial charge in [-0.3, -0.25) is 4.79 Å². The fourth-order valence-corrected chi connectivity index (χ4v) is 0.953. The van der Waals surface area contributed by atoms with Crippen LogP contribution in [0.4, 0.5) is 0 Å². The number of nitrogens with one attached hydrogen (secondary N) is 1. The topological polar surface area (TPSA) is 131 Å². The number of H-pyrrole nitrogens is 1. The number of aromatic nitrogens is 1. The first-order valence-corrected chi connectivity index (χ1v) is 4.87. The third-order valence-electron chi connectivity index (χ3n) is 1.74. The average Bonchev–Trinajstić information content (AvgIpc) is 2.39. The second kappa shape index (κ2) is 8.18. The maximum Gasteiger partial charge on any atom is 0.294 e. The van der Waals surface area contributed by atoms with Crippen molar-refractivity contribution in [2.45, 2.75) is 0 Å². The Labute approximate surface area is 108 Å². The van der Waals surface area contributed by atoms with Crippen molar-refractivity contribution in [2.75, 3.05) is 0 Å². The number of carbonyl (C=O) groups excluding carboxylic acids is 1. The third-order valence-corrected chi connectivity index (χ3v) is 1.74. The normalized spacial score (nSPS) is 8.42. The summed E-state index contributed by atoms with van der Waals surface area (Å²) in [5, 5.41) is 34.5. The Balaban J connectivity index is 0.000000303. The molecule has 102 valence electrons. The highest BCUT2D eigenvalue weighted by molar-refractivity contribution is 5.33. The van der Waals surface area contributed by atoms with Gasteiger partial charge in [-0.25, -0.2) is 0 Å². The van der Waals surface area contributed by atoms with Crippen LogP contribution in [0, 0.1) is 0 Å². The first kappa shape index (κ1) is 16.0. The molecule has 1 heterocycles. The molecule has 1 aromatic carbocycles. The molecule has 0 saturated heterocycles. The zero-order chi connectivity index (χ0) is 14.8. The van der Waals surface area contributed by atoms with Crippen molar-refractivity contribution < 1.29 is 25.2 Å². The standard InChI is InChI=1S/C6H6O2.C5H5NO3.CH2O/c7-5-2-1-3-6(8)4-5;7-3-1-2-6-5(9)4(3)8;1-2/h1-4,7-8H;1-2,8H,(H2,6,7,9);1H2. The molecule has 7 nitrogen and oxygen atoms in total. The number of aromatic amines is 1. The Hall–Kier alpha value is -2.96. The van der Waals surface area contributed by atoms with Crippen molar-refractivity contribution in [3.63, 3.8) is 0 Å². The van der Waals surface area contributed by atoms with E-state index >= 15 is 0 Å². The van der Waals surface area contributed by atoms with Gasteiger partial charge in [0.05, 0.1) is 0 Å². The lowest BCUT2D eigenvalue weighted by atomic mass is 10.3. The number of pyridine rings is 1. The summed E-state index contributed by atoms with van der Waals surface area (Å²) in [5.74, 6) is -0.869. The number of hydrogen-bond acceptors (Lipinski definition) is 6. The molecule has 0 aliphatic heterocycles. The van der Waals surface area contributed by atoms with Crippen LogP contribution in [0.15, 0.2) is 41.3 Å². The second-order valence-corrected chi connectivity index (χ2v) is 3.06. The summed E-state index contributed by atoms with van der Waals surface area (Å²) in [5.41, 5.74) is -0.685. The first-order valence-electron chi connectivity index (χ1n) is 4.87. The summed E-state index contributed by atoms with van der Waals surface area (Å²) in [6.45, 7) is 2.00. The van der Waals surface area contributed by atoms with Gasteiger partial charge in [-0.2, -0.15) is 0 Å². The van der Waals surface area contributed by atoms with Crippen LogP contribution in [-0.2, 0) is 4.79 Å². The maximum absolute atomic E-state index is 10.4. The van der Waals surface area contributed by atoms with E-state index in [2.05, 4.69) is 4.98 Å². The second-order valence-electron chi connectivity index (χ2n) is 3.06. The van der Waals surface area contributed by atoms with E-state index in [-0.39, 0.29) is 11.5 Å². The average molecular weight is 267 g/mol. The zero-order valence-electron chi connectivity index (χ0n) is 9.78. The first-order chi connectivity index (χ1) is 9.00. The highest BCUT2D eigenvalue weighted by Crippen LogP contribution is 2.15. The fraction of sp³-hybridized carbons (Fsp3) is 0. The van der Waals surface area contributed by atoms with E-state index < -0.39 is 17.1 Å². The van der Waals surface area contributed by atoms with Crippen molar-refractivity contribution in [2.24, 2.45) is 0 Å². The molecule has 0 saturated carbocycles. The summed E-state index contributed by atoms with van der Waals surface area (Å²) < 4.78 is 0. The molecule has 5 N–H and O–H groups in total. The summed E-state index contributed by atoms with van der Waals surface area (Å²) in [6.07, 6.45) is 1.25. The molecule has 0 bridgehead atoms. The molecule has 0 unspecified atom stereocenters. The number of phenolic OH excluding ortho intramolecular Hbond substituents is 2. The van der Waals surface area contributed by atoms with Crippen molar-refractivity contribution in [1.82, 2.24) is 4.98 Å². The molecule has 2 aromatic rings. The van der Waals surface area contributed by atoms with E-state index in [0.29, 0.717) is 0 Å². The smallest absolute Gasteiger partial charge is 0.294 e. The van der Waals surface area contributed by atoms with Crippen molar-refractivity contribution in [3.05, 3.63) is 46.9 Å². The van der Waals surface area contributed by atoms with Gasteiger partial charge in [0, 0.05) is 18.3 Å². The Morgan fingerprint density at radius 3 is 1.79 bits per heavy atom. The number of phenols is 2. The quantitative estimate of drug-likeness (QED) is 0.477. The molecular formula is C12H13NO6. The van der Waals surface area contributed by atoms with Gasteiger partial charge in [-0.15, -0.1) is 0 Å². The van der Waals surface area contributed by atoms with Crippen LogP contribution >= 0.6 is 0 Å². The molecule has 19 heavy (non-hydrogen) atoms. The Morgan fingerprint density at radius 2 is 1.47 bits per heavy atom. The van der Waals surface area contributed by atoms with Gasteiger partial charge in [0.2, 0.25) is 5.75 Å². The minimum Gasteiger partial charge on any atom is -0.508 e. The lowest BCUT2D eigenvalue weighted by Gasteiger charge is -1.90. The Bertz CT molecular complexity index is 549. The monoisotopic (exact) mass is 267 g/mol. The lowest BCUT2D eigenvalue weighted by Crippen LogP contribution is -2.02. The minimum atomic E-state index is -0.685. The number of hydrogen-bond donors (Lipinski definition) is 5. The summed E-state index contributed by atoms with van der Waals surface area (Å²) >= 11 is 0. The van der Waals surface area contributed by atoms with Gasteiger partial charge >= 0.3 is 0 Å². The molecule has 0 atom stereocenters. The van der Waals surface area contributed by atoms with Crippen molar-refractivity contribution in [3.8, 4) is 23.0 Å². The number of rotatable bonds is 0. The van der Waals surface area contributed by atoms with Gasteiger partial charge in [0.1, 0.15) is 18.3 Å². The van der Waals surface area contributed by atoms with Gasteiger partial charge in [0.25, 0.3) is 5.56 Å². The van der Waals surface area contributed by atoms with Crippen LogP contribution in [0.5, 0.6) is 23.0 Å². The van der Waals surface area contributed by atoms with E-state index in [4.69, 9.17) is 25.2 Å². The largest absolute Gasteiger partial charge is 0.508 e. The Kier molecular flexibility index (Phi) is 6.90. The van der Waals surface area contributed by atoms with Gasteiger partial charge < -0.3 is 30.2 Å². The number of benzene rings is 1. The predicted octanol–water partition coefficient (Wildman–Crippen LogP) is 0.699. The molecule has 0 aliphatic carbocycles. The van der Waals surface area contributed by atoms with Crippen molar-refractivity contribution in [1.29, 1.82) is 0 Å². The van der Waals surface area contributed by atoms with E-state index in [1.165, 1.54) is 30.5 Å². The van der Waals surface area contributed by atoms with Crippen LogP contribution < -0.4 is 5.56 Å². The fourth-order valence-electron chi connectivity index (χ4n) is 0.953. The van der Waals surface area contributed by atoms with Gasteiger partial charge in [-0.05, 0) is 12.1 Å². The predicted molar refractivity (Wildman–Crippen MR) is 67.3 cm³/mol. The molecule has 1 aromatic heterocycles. The van der Waals surface area contributed by atoms with Crippen LogP contribution in [-0.4, -0.2) is 32.2 Å². The van der Waals surface area contributed by atoms with E-state index in [1.807, 2.05) is 6.79 Å².